The van der Waals surface area contributed by atoms with Crippen molar-refractivity contribution in [1.29, 1.82) is 0 Å². The van der Waals surface area contributed by atoms with E-state index in [1.54, 1.807) is 19.1 Å². The maximum absolute atomic E-state index is 12.3. The largest absolute Gasteiger partial charge is 0.466 e. The van der Waals surface area contributed by atoms with E-state index in [0.717, 1.165) is 22.4 Å². The number of esters is 2. The number of aliphatic imine (C=N–C) groups is 1. The number of ether oxygens (including phenoxy) is 2. The molecule has 0 saturated heterocycles. The summed E-state index contributed by atoms with van der Waals surface area (Å²) in [5.74, 6) is -0.258. The van der Waals surface area contributed by atoms with E-state index in [1.807, 2.05) is 72.8 Å². The van der Waals surface area contributed by atoms with Crippen LogP contribution < -0.4 is 4.74 Å². The number of nitrogens with zero attached hydrogens (tertiary/aromatic N) is 1. The van der Waals surface area contributed by atoms with Gasteiger partial charge in [0.25, 0.3) is 0 Å². The maximum Gasteiger partial charge on any atom is 0.308 e. The van der Waals surface area contributed by atoms with Gasteiger partial charge in [-0.3, -0.25) is 14.6 Å². The van der Waals surface area contributed by atoms with E-state index in [-0.39, 0.29) is 18.4 Å². The Labute approximate surface area is 182 Å². The van der Waals surface area contributed by atoms with Crippen molar-refractivity contribution >= 4 is 17.7 Å². The van der Waals surface area contributed by atoms with Gasteiger partial charge in [-0.05, 0) is 24.6 Å². The zero-order chi connectivity index (χ0) is 22.1. The monoisotopic (exact) mass is 415 g/mol. The van der Waals surface area contributed by atoms with Crippen molar-refractivity contribution < 1.29 is 19.1 Å². The van der Waals surface area contributed by atoms with E-state index in [9.17, 15) is 9.59 Å². The molecule has 3 aromatic rings. The van der Waals surface area contributed by atoms with Gasteiger partial charge < -0.3 is 9.47 Å². The van der Waals surface area contributed by atoms with Crippen LogP contribution in [-0.4, -0.2) is 24.3 Å². The molecule has 0 amide bonds. The summed E-state index contributed by atoms with van der Waals surface area (Å²) in [4.78, 5) is 28.5. The molecule has 0 spiro atoms. The lowest BCUT2D eigenvalue weighted by molar-refractivity contribution is -0.143. The Balaban J connectivity index is 2.04. The SMILES string of the molecule is CCOC(=O)CC(N=C(c1ccccc1)c1ccccc1)c1ccc(OC(C)=O)cc1. The first-order valence-electron chi connectivity index (χ1n) is 10.2. The molecule has 1 unspecified atom stereocenters. The van der Waals surface area contributed by atoms with Gasteiger partial charge in [0, 0.05) is 18.1 Å². The average Bonchev–Trinajstić information content (AvgIpc) is 2.78. The highest BCUT2D eigenvalue weighted by Gasteiger charge is 2.19. The molecule has 0 bridgehead atoms. The summed E-state index contributed by atoms with van der Waals surface area (Å²) in [5.41, 5.74) is 3.53. The lowest BCUT2D eigenvalue weighted by Crippen LogP contribution is -2.13. The summed E-state index contributed by atoms with van der Waals surface area (Å²) in [7, 11) is 0. The molecule has 0 radical (unpaired) electrons. The minimum atomic E-state index is -0.458. The van der Waals surface area contributed by atoms with Crippen LogP contribution in [0.2, 0.25) is 0 Å². The lowest BCUT2D eigenvalue weighted by atomic mass is 9.99. The Morgan fingerprint density at radius 1 is 0.839 bits per heavy atom. The molecule has 0 saturated carbocycles. The maximum atomic E-state index is 12.3. The molecule has 1 atom stereocenters. The Morgan fingerprint density at radius 2 is 1.39 bits per heavy atom. The van der Waals surface area contributed by atoms with Crippen LogP contribution in [0.1, 0.15) is 43.0 Å². The highest BCUT2D eigenvalue weighted by molar-refractivity contribution is 6.13. The highest BCUT2D eigenvalue weighted by atomic mass is 16.5. The third-order valence-corrected chi connectivity index (χ3v) is 4.57. The van der Waals surface area contributed by atoms with Crippen LogP contribution in [-0.2, 0) is 14.3 Å². The highest BCUT2D eigenvalue weighted by Crippen LogP contribution is 2.27. The Bertz CT molecular complexity index is 987. The first kappa shape index (κ1) is 22.0. The Hall–Kier alpha value is -3.73. The second-order valence-corrected chi connectivity index (χ2v) is 6.90. The molecule has 5 heteroatoms. The molecule has 0 fully saturated rings. The number of carbonyl (C=O) groups is 2. The van der Waals surface area contributed by atoms with Gasteiger partial charge in [-0.15, -0.1) is 0 Å². The van der Waals surface area contributed by atoms with Gasteiger partial charge in [-0.25, -0.2) is 0 Å². The molecule has 0 N–H and O–H groups in total. The molecule has 5 nitrogen and oxygen atoms in total. The molecule has 31 heavy (non-hydrogen) atoms. The standard InChI is InChI=1S/C26H25NO4/c1-3-30-25(29)18-24(20-14-16-23(17-15-20)31-19(2)28)27-26(21-10-6-4-7-11-21)22-12-8-5-9-13-22/h4-17,24H,3,18H2,1-2H3. The Kier molecular flexibility index (Phi) is 7.71. The van der Waals surface area contributed by atoms with Crippen LogP contribution in [0.4, 0.5) is 0 Å². The first-order valence-corrected chi connectivity index (χ1v) is 10.2. The predicted octanol–water partition coefficient (Wildman–Crippen LogP) is 5.14. The molecule has 0 aliphatic rings. The van der Waals surface area contributed by atoms with E-state index in [1.165, 1.54) is 6.92 Å². The molecule has 0 heterocycles. The fourth-order valence-corrected chi connectivity index (χ4v) is 3.20. The summed E-state index contributed by atoms with van der Waals surface area (Å²) in [6.07, 6.45) is 0.101. The van der Waals surface area contributed by atoms with E-state index >= 15 is 0 Å². The van der Waals surface area contributed by atoms with Gasteiger partial charge in [-0.1, -0.05) is 72.8 Å². The summed E-state index contributed by atoms with van der Waals surface area (Å²) in [6, 6.07) is 26.3. The topological polar surface area (TPSA) is 65.0 Å². The first-order chi connectivity index (χ1) is 15.1. The number of hydrogen-bond donors (Lipinski definition) is 0. The molecule has 0 aromatic heterocycles. The number of rotatable bonds is 8. The normalized spacial score (nSPS) is 11.3. The minimum absolute atomic E-state index is 0.101. The molecule has 3 aromatic carbocycles. The lowest BCUT2D eigenvalue weighted by Gasteiger charge is -2.16. The van der Waals surface area contributed by atoms with Crippen LogP contribution in [0.5, 0.6) is 5.75 Å². The van der Waals surface area contributed by atoms with Gasteiger partial charge in [0.1, 0.15) is 5.75 Å². The van der Waals surface area contributed by atoms with Crippen molar-refractivity contribution in [2.45, 2.75) is 26.3 Å². The zero-order valence-electron chi connectivity index (χ0n) is 17.7. The average molecular weight is 415 g/mol. The third-order valence-electron chi connectivity index (χ3n) is 4.57. The number of hydrogen-bond acceptors (Lipinski definition) is 5. The molecule has 0 aliphatic heterocycles. The Morgan fingerprint density at radius 3 is 1.87 bits per heavy atom. The summed E-state index contributed by atoms with van der Waals surface area (Å²) >= 11 is 0. The van der Waals surface area contributed by atoms with Gasteiger partial charge in [-0.2, -0.15) is 0 Å². The van der Waals surface area contributed by atoms with Crippen molar-refractivity contribution in [2.75, 3.05) is 6.61 Å². The number of benzene rings is 3. The van der Waals surface area contributed by atoms with E-state index in [0.29, 0.717) is 12.4 Å². The smallest absolute Gasteiger partial charge is 0.308 e. The molecular weight excluding hydrogens is 390 g/mol. The van der Waals surface area contributed by atoms with Crippen molar-refractivity contribution in [3.63, 3.8) is 0 Å². The van der Waals surface area contributed by atoms with Crippen molar-refractivity contribution in [3.05, 3.63) is 102 Å². The third kappa shape index (κ3) is 6.37. The van der Waals surface area contributed by atoms with E-state index in [2.05, 4.69) is 0 Å². The van der Waals surface area contributed by atoms with Crippen molar-refractivity contribution in [1.82, 2.24) is 0 Å². The molecule has 0 aliphatic carbocycles. The van der Waals surface area contributed by atoms with Crippen molar-refractivity contribution in [3.8, 4) is 5.75 Å². The molecule has 3 rings (SSSR count). The quantitative estimate of drug-likeness (QED) is 0.290. The van der Waals surface area contributed by atoms with E-state index < -0.39 is 6.04 Å². The van der Waals surface area contributed by atoms with Crippen molar-refractivity contribution in [2.24, 2.45) is 4.99 Å². The van der Waals surface area contributed by atoms with Crippen LogP contribution in [0, 0.1) is 0 Å². The second kappa shape index (κ2) is 10.9. The fourth-order valence-electron chi connectivity index (χ4n) is 3.20. The summed E-state index contributed by atoms with van der Waals surface area (Å²) < 4.78 is 10.3. The van der Waals surface area contributed by atoms with Gasteiger partial charge in [0.05, 0.1) is 24.8 Å². The zero-order valence-corrected chi connectivity index (χ0v) is 17.7. The van der Waals surface area contributed by atoms with Gasteiger partial charge in [0.2, 0.25) is 0 Å². The predicted molar refractivity (Wildman–Crippen MR) is 120 cm³/mol. The molecular formula is C26H25NO4. The van der Waals surface area contributed by atoms with Crippen LogP contribution >= 0.6 is 0 Å². The number of carbonyl (C=O) groups excluding carboxylic acids is 2. The second-order valence-electron chi connectivity index (χ2n) is 6.90. The van der Waals surface area contributed by atoms with Crippen LogP contribution in [0.25, 0.3) is 0 Å². The van der Waals surface area contributed by atoms with Gasteiger partial charge in [0.15, 0.2) is 0 Å². The summed E-state index contributed by atoms with van der Waals surface area (Å²) in [5, 5.41) is 0. The van der Waals surface area contributed by atoms with Gasteiger partial charge >= 0.3 is 11.9 Å². The summed E-state index contributed by atoms with van der Waals surface area (Å²) in [6.45, 7) is 3.45. The van der Waals surface area contributed by atoms with Crippen LogP contribution in [0.3, 0.4) is 0 Å². The molecule has 158 valence electrons. The van der Waals surface area contributed by atoms with Crippen LogP contribution in [0.15, 0.2) is 89.9 Å². The minimum Gasteiger partial charge on any atom is -0.466 e. The van der Waals surface area contributed by atoms with E-state index in [4.69, 9.17) is 14.5 Å². The fraction of sp³-hybridized carbons (Fsp3) is 0.192.